The molecule has 2 atom stereocenters. The Kier molecular flexibility index (Phi) is 7.10. The SMILES string of the molecule is CC1C=CC(=NCCCN)NC1c1cc(NC2CCC(O)CC2)ncc1Cl. The number of halogens is 1. The molecule has 1 aliphatic heterocycles. The Balaban J connectivity index is 1.73. The first-order chi connectivity index (χ1) is 13.1. The van der Waals surface area contributed by atoms with E-state index in [2.05, 4.69) is 33.6 Å². The van der Waals surface area contributed by atoms with Gasteiger partial charge in [0.25, 0.3) is 0 Å². The Hall–Kier alpha value is -1.63. The number of aliphatic hydroxyl groups is 1. The number of rotatable bonds is 6. The lowest BCUT2D eigenvalue weighted by atomic mass is 9.91. The van der Waals surface area contributed by atoms with Gasteiger partial charge in [-0.25, -0.2) is 4.98 Å². The number of nitrogens with two attached hydrogens (primary N) is 1. The second kappa shape index (κ2) is 9.53. The number of aliphatic hydroxyl groups excluding tert-OH is 1. The van der Waals surface area contributed by atoms with E-state index < -0.39 is 0 Å². The maximum Gasteiger partial charge on any atom is 0.126 e. The second-order valence-electron chi connectivity index (χ2n) is 7.49. The Morgan fingerprint density at radius 3 is 2.89 bits per heavy atom. The van der Waals surface area contributed by atoms with Gasteiger partial charge in [-0.05, 0) is 62.3 Å². The summed E-state index contributed by atoms with van der Waals surface area (Å²) in [5.74, 6) is 1.99. The first kappa shape index (κ1) is 20.1. The molecule has 2 aliphatic rings. The van der Waals surface area contributed by atoms with Crippen molar-refractivity contribution in [2.24, 2.45) is 16.6 Å². The largest absolute Gasteiger partial charge is 0.393 e. The third-order valence-corrected chi connectivity index (χ3v) is 5.62. The third-order valence-electron chi connectivity index (χ3n) is 5.30. The van der Waals surface area contributed by atoms with Crippen LogP contribution >= 0.6 is 11.6 Å². The quantitative estimate of drug-likeness (QED) is 0.559. The molecule has 3 rings (SSSR count). The number of amidine groups is 1. The smallest absolute Gasteiger partial charge is 0.126 e. The molecule has 5 N–H and O–H groups in total. The van der Waals surface area contributed by atoms with Crippen LogP contribution in [0.2, 0.25) is 5.02 Å². The van der Waals surface area contributed by atoms with E-state index in [1.54, 1.807) is 6.20 Å². The maximum absolute atomic E-state index is 9.68. The minimum atomic E-state index is -0.159. The fourth-order valence-corrected chi connectivity index (χ4v) is 3.86. The summed E-state index contributed by atoms with van der Waals surface area (Å²) in [4.78, 5) is 9.03. The fraction of sp³-hybridized carbons (Fsp3) is 0.600. The average molecular weight is 392 g/mol. The van der Waals surface area contributed by atoms with Crippen molar-refractivity contribution < 1.29 is 5.11 Å². The van der Waals surface area contributed by atoms with Gasteiger partial charge in [-0.2, -0.15) is 0 Å². The molecule has 2 heterocycles. The Bertz CT molecular complexity index is 685. The van der Waals surface area contributed by atoms with Crippen LogP contribution in [-0.2, 0) is 0 Å². The molecule has 1 fully saturated rings. The molecule has 148 valence electrons. The standard InChI is InChI=1S/C20H30ClN5O/c1-13-3-8-18(23-10-2-9-22)26-20(13)16-11-19(24-12-17(16)21)25-14-4-6-15(27)7-5-14/h3,8,11-15,20,27H,2,4-7,9-10,22H2,1H3,(H,23,26)(H,24,25). The molecular formula is C20H30ClN5O. The maximum atomic E-state index is 9.68. The molecule has 7 heteroatoms. The lowest BCUT2D eigenvalue weighted by molar-refractivity contribution is 0.126. The first-order valence-electron chi connectivity index (χ1n) is 9.86. The minimum absolute atomic E-state index is 0.0517. The lowest BCUT2D eigenvalue weighted by Gasteiger charge is -2.30. The van der Waals surface area contributed by atoms with Crippen molar-refractivity contribution in [3.05, 3.63) is 35.0 Å². The molecule has 0 radical (unpaired) electrons. The predicted octanol–water partition coefficient (Wildman–Crippen LogP) is 3.03. The van der Waals surface area contributed by atoms with Gasteiger partial charge in [0, 0.05) is 18.8 Å². The number of nitrogens with one attached hydrogen (secondary N) is 2. The van der Waals surface area contributed by atoms with Gasteiger partial charge in [-0.1, -0.05) is 24.6 Å². The molecule has 1 saturated carbocycles. The number of aliphatic imine (C=N–C) groups is 1. The van der Waals surface area contributed by atoms with E-state index in [-0.39, 0.29) is 18.1 Å². The summed E-state index contributed by atoms with van der Waals surface area (Å²) in [5.41, 5.74) is 6.57. The van der Waals surface area contributed by atoms with Crippen LogP contribution < -0.4 is 16.4 Å². The van der Waals surface area contributed by atoms with Crippen LogP contribution in [0.15, 0.2) is 29.4 Å². The van der Waals surface area contributed by atoms with E-state index in [1.807, 2.05) is 12.1 Å². The number of nitrogens with zero attached hydrogens (tertiary/aromatic N) is 2. The normalized spacial score (nSPS) is 29.6. The van der Waals surface area contributed by atoms with Crippen molar-refractivity contribution in [1.29, 1.82) is 0 Å². The summed E-state index contributed by atoms with van der Waals surface area (Å²) in [5, 5.41) is 17.3. The predicted molar refractivity (Wildman–Crippen MR) is 111 cm³/mol. The van der Waals surface area contributed by atoms with Gasteiger partial charge in [0.1, 0.15) is 11.7 Å². The summed E-state index contributed by atoms with van der Waals surface area (Å²) < 4.78 is 0. The van der Waals surface area contributed by atoms with Gasteiger partial charge in [-0.3, -0.25) is 4.99 Å². The summed E-state index contributed by atoms with van der Waals surface area (Å²) in [6.45, 7) is 3.52. The van der Waals surface area contributed by atoms with E-state index >= 15 is 0 Å². The summed E-state index contributed by atoms with van der Waals surface area (Å²) in [6.07, 6.45) is 10.2. The van der Waals surface area contributed by atoms with Gasteiger partial charge in [-0.15, -0.1) is 0 Å². The zero-order valence-corrected chi connectivity index (χ0v) is 16.6. The van der Waals surface area contributed by atoms with Crippen molar-refractivity contribution in [3.63, 3.8) is 0 Å². The van der Waals surface area contributed by atoms with Crippen LogP contribution in [0.3, 0.4) is 0 Å². The highest BCUT2D eigenvalue weighted by atomic mass is 35.5. The Morgan fingerprint density at radius 1 is 1.37 bits per heavy atom. The molecule has 2 unspecified atom stereocenters. The highest BCUT2D eigenvalue weighted by Crippen LogP contribution is 2.33. The number of hydrogen-bond acceptors (Lipinski definition) is 5. The number of pyridine rings is 1. The van der Waals surface area contributed by atoms with Gasteiger partial charge in [0.15, 0.2) is 0 Å². The third kappa shape index (κ3) is 5.43. The highest BCUT2D eigenvalue weighted by Gasteiger charge is 2.25. The van der Waals surface area contributed by atoms with Crippen molar-refractivity contribution in [1.82, 2.24) is 10.3 Å². The number of anilines is 1. The highest BCUT2D eigenvalue weighted by molar-refractivity contribution is 6.31. The van der Waals surface area contributed by atoms with Crippen molar-refractivity contribution in [2.75, 3.05) is 18.4 Å². The van der Waals surface area contributed by atoms with E-state index in [4.69, 9.17) is 17.3 Å². The topological polar surface area (TPSA) is 95.6 Å². The monoisotopic (exact) mass is 391 g/mol. The summed E-state index contributed by atoms with van der Waals surface area (Å²) in [7, 11) is 0. The van der Waals surface area contributed by atoms with Crippen LogP contribution in [0.5, 0.6) is 0 Å². The van der Waals surface area contributed by atoms with E-state index in [1.165, 1.54) is 0 Å². The second-order valence-corrected chi connectivity index (χ2v) is 7.90. The molecular weight excluding hydrogens is 362 g/mol. The summed E-state index contributed by atoms with van der Waals surface area (Å²) >= 11 is 6.49. The molecule has 27 heavy (non-hydrogen) atoms. The van der Waals surface area contributed by atoms with Crippen molar-refractivity contribution >= 4 is 23.3 Å². The molecule has 0 bridgehead atoms. The van der Waals surface area contributed by atoms with Crippen molar-refractivity contribution in [2.45, 2.75) is 57.2 Å². The van der Waals surface area contributed by atoms with Gasteiger partial charge < -0.3 is 21.5 Å². The molecule has 0 amide bonds. The Labute approximate surface area is 166 Å². The van der Waals surface area contributed by atoms with Crippen LogP contribution in [0.25, 0.3) is 0 Å². The van der Waals surface area contributed by atoms with Gasteiger partial charge >= 0.3 is 0 Å². The number of aromatic nitrogens is 1. The zero-order chi connectivity index (χ0) is 19.2. The minimum Gasteiger partial charge on any atom is -0.393 e. The van der Waals surface area contributed by atoms with E-state index in [0.717, 1.165) is 49.3 Å². The van der Waals surface area contributed by atoms with Crippen LogP contribution in [0.4, 0.5) is 5.82 Å². The van der Waals surface area contributed by atoms with E-state index in [0.29, 0.717) is 24.2 Å². The molecule has 1 aromatic heterocycles. The van der Waals surface area contributed by atoms with E-state index in [9.17, 15) is 5.11 Å². The first-order valence-corrected chi connectivity index (χ1v) is 10.2. The van der Waals surface area contributed by atoms with Gasteiger partial charge in [0.05, 0.1) is 17.2 Å². The van der Waals surface area contributed by atoms with Crippen LogP contribution in [-0.4, -0.2) is 41.2 Å². The van der Waals surface area contributed by atoms with Crippen molar-refractivity contribution in [3.8, 4) is 0 Å². The van der Waals surface area contributed by atoms with Gasteiger partial charge in [0.2, 0.25) is 0 Å². The number of hydrogen-bond donors (Lipinski definition) is 4. The molecule has 6 nitrogen and oxygen atoms in total. The molecule has 1 aromatic rings. The summed E-state index contributed by atoms with van der Waals surface area (Å²) in [6, 6.07) is 2.44. The molecule has 1 aliphatic carbocycles. The molecule has 0 aromatic carbocycles. The Morgan fingerprint density at radius 2 is 2.15 bits per heavy atom. The lowest BCUT2D eigenvalue weighted by Crippen LogP contribution is -2.35. The zero-order valence-electron chi connectivity index (χ0n) is 15.9. The molecule has 0 spiro atoms. The van der Waals surface area contributed by atoms with Crippen LogP contribution in [0.1, 0.15) is 50.6 Å². The van der Waals surface area contributed by atoms with Crippen LogP contribution in [0, 0.1) is 5.92 Å². The molecule has 0 saturated heterocycles. The fourth-order valence-electron chi connectivity index (χ4n) is 3.64. The average Bonchev–Trinajstić information content (AvgIpc) is 2.67.